The fourth-order valence-electron chi connectivity index (χ4n) is 4.36. The highest BCUT2D eigenvalue weighted by Crippen LogP contribution is 2.19. The zero-order chi connectivity index (χ0) is 27.8. The summed E-state index contributed by atoms with van der Waals surface area (Å²) in [7, 11) is 0. The highest BCUT2D eigenvalue weighted by molar-refractivity contribution is 5.17. The topological polar surface area (TPSA) is 83.7 Å². The monoisotopic (exact) mass is 536 g/mol. The Balaban J connectivity index is 1.53. The lowest BCUT2D eigenvalue weighted by Gasteiger charge is -2.34. The fraction of sp³-hybridized carbons (Fsp3) is 0.265. The molecule has 0 heterocycles. The van der Waals surface area contributed by atoms with Gasteiger partial charge < -0.3 is 19.3 Å². The van der Waals surface area contributed by atoms with Crippen LogP contribution in [-0.2, 0) is 40.6 Å². The molecular formula is C34H36N2O4. The molecule has 0 saturated heterocycles. The third kappa shape index (κ3) is 9.42. The summed E-state index contributed by atoms with van der Waals surface area (Å²) in [5, 5.41) is 25.0. The van der Waals surface area contributed by atoms with Crippen LogP contribution in [0.3, 0.4) is 0 Å². The molecule has 40 heavy (non-hydrogen) atoms. The summed E-state index contributed by atoms with van der Waals surface area (Å²) in [6.07, 6.45) is -2.66. The minimum atomic E-state index is -1.04. The second kappa shape index (κ2) is 16.3. The Hall–Kier alpha value is -3.83. The standard InChI is InChI=1S/C34H36N2O4/c35-21-31(36-22-27-13-5-1-6-14-27)33(39-24-29-17-9-3-10-18-29)34(40-25-30-19-11-4-12-20-30)32(37)26-38-23-28-15-7-2-8-16-28/h1-20,31-34,36-37H,22-26H2/t31-,32-,33-,34-/m1/s1. The van der Waals surface area contributed by atoms with Crippen LogP contribution in [0, 0.1) is 11.3 Å². The van der Waals surface area contributed by atoms with Gasteiger partial charge in [0.15, 0.2) is 0 Å². The van der Waals surface area contributed by atoms with Gasteiger partial charge in [0.05, 0.1) is 32.5 Å². The summed E-state index contributed by atoms with van der Waals surface area (Å²) in [5.41, 5.74) is 3.96. The Bertz CT molecular complexity index is 1270. The lowest BCUT2D eigenvalue weighted by atomic mass is 10.0. The van der Waals surface area contributed by atoms with E-state index < -0.39 is 24.4 Å². The lowest BCUT2D eigenvalue weighted by Crippen LogP contribution is -2.53. The molecule has 0 bridgehead atoms. The van der Waals surface area contributed by atoms with Crippen LogP contribution in [0.1, 0.15) is 22.3 Å². The molecule has 4 atom stereocenters. The number of nitriles is 1. The Morgan fingerprint density at radius 2 is 1.02 bits per heavy atom. The van der Waals surface area contributed by atoms with E-state index >= 15 is 0 Å². The zero-order valence-electron chi connectivity index (χ0n) is 22.5. The van der Waals surface area contributed by atoms with Crippen LogP contribution in [0.2, 0.25) is 0 Å². The molecule has 0 aliphatic rings. The maximum absolute atomic E-state index is 11.4. The first kappa shape index (κ1) is 29.2. The van der Waals surface area contributed by atoms with Gasteiger partial charge in [-0.05, 0) is 22.3 Å². The molecule has 0 aliphatic heterocycles. The van der Waals surface area contributed by atoms with Gasteiger partial charge in [0.1, 0.15) is 24.4 Å². The molecular weight excluding hydrogens is 500 g/mol. The van der Waals surface area contributed by atoms with E-state index in [4.69, 9.17) is 14.2 Å². The molecule has 0 aliphatic carbocycles. The maximum atomic E-state index is 11.4. The second-order valence-corrected chi connectivity index (χ2v) is 9.56. The van der Waals surface area contributed by atoms with Crippen molar-refractivity contribution < 1.29 is 19.3 Å². The van der Waals surface area contributed by atoms with E-state index in [1.54, 1.807) is 0 Å². The van der Waals surface area contributed by atoms with Gasteiger partial charge in [-0.1, -0.05) is 121 Å². The van der Waals surface area contributed by atoms with E-state index in [1.165, 1.54) is 0 Å². The van der Waals surface area contributed by atoms with Gasteiger partial charge in [-0.2, -0.15) is 5.26 Å². The van der Waals surface area contributed by atoms with Crippen molar-refractivity contribution in [3.05, 3.63) is 144 Å². The summed E-state index contributed by atoms with van der Waals surface area (Å²) in [4.78, 5) is 0. The molecule has 0 unspecified atom stereocenters. The van der Waals surface area contributed by atoms with Crippen LogP contribution in [0.4, 0.5) is 0 Å². The van der Waals surface area contributed by atoms with Crippen molar-refractivity contribution in [1.29, 1.82) is 5.26 Å². The summed E-state index contributed by atoms with van der Waals surface area (Å²) < 4.78 is 18.6. The van der Waals surface area contributed by atoms with Crippen molar-refractivity contribution in [3.63, 3.8) is 0 Å². The Kier molecular flexibility index (Phi) is 11.9. The zero-order valence-corrected chi connectivity index (χ0v) is 22.5. The maximum Gasteiger partial charge on any atom is 0.125 e. The highest BCUT2D eigenvalue weighted by Gasteiger charge is 2.36. The number of nitrogens with zero attached hydrogens (tertiary/aromatic N) is 1. The smallest absolute Gasteiger partial charge is 0.125 e. The number of ether oxygens (including phenoxy) is 3. The average molecular weight is 537 g/mol. The van der Waals surface area contributed by atoms with E-state index in [9.17, 15) is 10.4 Å². The predicted molar refractivity (Wildman–Crippen MR) is 155 cm³/mol. The van der Waals surface area contributed by atoms with Crippen LogP contribution < -0.4 is 5.32 Å². The molecule has 6 nitrogen and oxygen atoms in total. The number of hydrogen-bond donors (Lipinski definition) is 2. The minimum absolute atomic E-state index is 0.0242. The summed E-state index contributed by atoms with van der Waals surface area (Å²) in [5.74, 6) is 0. The molecule has 0 saturated carbocycles. The Morgan fingerprint density at radius 3 is 1.50 bits per heavy atom. The molecule has 2 N–H and O–H groups in total. The first-order valence-corrected chi connectivity index (χ1v) is 13.5. The van der Waals surface area contributed by atoms with Gasteiger partial charge in [-0.25, -0.2) is 0 Å². The largest absolute Gasteiger partial charge is 0.388 e. The summed E-state index contributed by atoms with van der Waals surface area (Å²) in [6, 6.07) is 40.8. The molecule has 0 amide bonds. The van der Waals surface area contributed by atoms with Gasteiger partial charge in [0, 0.05) is 6.54 Å². The number of hydrogen-bond acceptors (Lipinski definition) is 6. The van der Waals surface area contributed by atoms with E-state index in [0.717, 1.165) is 22.3 Å². The molecule has 0 fully saturated rings. The molecule has 4 aromatic carbocycles. The van der Waals surface area contributed by atoms with Gasteiger partial charge in [0.25, 0.3) is 0 Å². The molecule has 6 heteroatoms. The van der Waals surface area contributed by atoms with Crippen LogP contribution in [-0.4, -0.2) is 36.1 Å². The van der Waals surface area contributed by atoms with Crippen molar-refractivity contribution >= 4 is 0 Å². The van der Waals surface area contributed by atoms with Crippen molar-refractivity contribution in [2.24, 2.45) is 0 Å². The third-order valence-corrected chi connectivity index (χ3v) is 6.51. The van der Waals surface area contributed by atoms with Crippen molar-refractivity contribution in [1.82, 2.24) is 5.32 Å². The van der Waals surface area contributed by atoms with Crippen molar-refractivity contribution in [2.45, 2.75) is 50.7 Å². The fourth-order valence-corrected chi connectivity index (χ4v) is 4.36. The van der Waals surface area contributed by atoms with Crippen LogP contribution in [0.15, 0.2) is 121 Å². The molecule has 0 radical (unpaired) electrons. The number of aliphatic hydroxyl groups is 1. The first-order valence-electron chi connectivity index (χ1n) is 13.5. The summed E-state index contributed by atoms with van der Waals surface area (Å²) >= 11 is 0. The van der Waals surface area contributed by atoms with E-state index in [1.807, 2.05) is 121 Å². The van der Waals surface area contributed by atoms with Crippen molar-refractivity contribution in [3.8, 4) is 6.07 Å². The van der Waals surface area contributed by atoms with Gasteiger partial charge in [-0.15, -0.1) is 0 Å². The number of nitrogens with one attached hydrogen (secondary N) is 1. The van der Waals surface area contributed by atoms with E-state index in [2.05, 4.69) is 11.4 Å². The normalized spacial score (nSPS) is 14.1. The van der Waals surface area contributed by atoms with E-state index in [0.29, 0.717) is 13.2 Å². The third-order valence-electron chi connectivity index (χ3n) is 6.51. The summed E-state index contributed by atoms with van der Waals surface area (Å²) in [6.45, 7) is 1.36. The van der Waals surface area contributed by atoms with Gasteiger partial charge in [-0.3, -0.25) is 5.32 Å². The van der Waals surface area contributed by atoms with Crippen molar-refractivity contribution in [2.75, 3.05) is 6.61 Å². The second-order valence-electron chi connectivity index (χ2n) is 9.56. The Labute approximate surface area is 236 Å². The SMILES string of the molecule is N#C[C@@H](NCc1ccccc1)[C@@H](OCc1ccccc1)[C@H](OCc1ccccc1)[C@H](O)COCc1ccccc1. The van der Waals surface area contributed by atoms with Crippen LogP contribution in [0.25, 0.3) is 0 Å². The van der Waals surface area contributed by atoms with Gasteiger partial charge in [0.2, 0.25) is 0 Å². The molecule has 206 valence electrons. The predicted octanol–water partition coefficient (Wildman–Crippen LogP) is 5.42. The van der Waals surface area contributed by atoms with Crippen LogP contribution in [0.5, 0.6) is 0 Å². The Morgan fingerprint density at radius 1 is 0.600 bits per heavy atom. The molecule has 0 aromatic heterocycles. The molecule has 4 aromatic rings. The number of aliphatic hydroxyl groups excluding tert-OH is 1. The van der Waals surface area contributed by atoms with Crippen LogP contribution >= 0.6 is 0 Å². The lowest BCUT2D eigenvalue weighted by molar-refractivity contribution is -0.152. The average Bonchev–Trinajstić information content (AvgIpc) is 3.01. The number of benzene rings is 4. The van der Waals surface area contributed by atoms with E-state index in [-0.39, 0.29) is 19.8 Å². The van der Waals surface area contributed by atoms with Gasteiger partial charge >= 0.3 is 0 Å². The minimum Gasteiger partial charge on any atom is -0.388 e. The quantitative estimate of drug-likeness (QED) is 0.199. The molecule has 4 rings (SSSR count). The first-order chi connectivity index (χ1) is 19.7. The highest BCUT2D eigenvalue weighted by atomic mass is 16.6. The number of rotatable bonds is 16. The molecule has 0 spiro atoms.